The molecule has 2 aromatic rings. The Morgan fingerprint density at radius 1 is 0.788 bits per heavy atom. The number of carbonyl (C=O) groups is 2. The van der Waals surface area contributed by atoms with Crippen molar-refractivity contribution in [3.63, 3.8) is 0 Å². The molecule has 0 radical (unpaired) electrons. The summed E-state index contributed by atoms with van der Waals surface area (Å²) >= 11 is 0. The second kappa shape index (κ2) is 8.60. The summed E-state index contributed by atoms with van der Waals surface area (Å²) in [7, 11) is 0. The average Bonchev–Trinajstić information content (AvgIpc) is 3.51. The van der Waals surface area contributed by atoms with E-state index in [9.17, 15) is 9.59 Å². The maximum absolute atomic E-state index is 13.3. The Morgan fingerprint density at radius 2 is 1.55 bits per heavy atom. The molecule has 1 aliphatic carbocycles. The number of fused-ring (bicyclic) bond motifs is 1. The fraction of sp³-hybridized carbons (Fsp3) is 0.500. The second-order valence-corrected chi connectivity index (χ2v) is 10.2. The molecule has 2 amide bonds. The minimum absolute atomic E-state index is 0.137. The highest BCUT2D eigenvalue weighted by Crippen LogP contribution is 2.32. The molecule has 5 heteroatoms. The maximum Gasteiger partial charge on any atom is 0.254 e. The van der Waals surface area contributed by atoms with Crippen molar-refractivity contribution in [3.05, 3.63) is 59.2 Å². The summed E-state index contributed by atoms with van der Waals surface area (Å²) in [6, 6.07) is 15.3. The second-order valence-electron chi connectivity index (χ2n) is 10.2. The standard InChI is InChI=1S/C28H33N3O2/c32-27(29-14-1-2-15-29)21-8-6-20(7-9-21)22-10-11-26-23(18-22)12-17-31(28(26)33)25-13-16-30(19-25)24-4-3-5-24/h6-11,18,24-25H,1-5,12-17,19H2/t25-/m1/s1. The first-order chi connectivity index (χ1) is 16.2. The highest BCUT2D eigenvalue weighted by atomic mass is 16.2. The van der Waals surface area contributed by atoms with Gasteiger partial charge < -0.3 is 9.80 Å². The van der Waals surface area contributed by atoms with Crippen LogP contribution >= 0.6 is 0 Å². The predicted molar refractivity (Wildman–Crippen MR) is 129 cm³/mol. The molecule has 2 saturated heterocycles. The van der Waals surface area contributed by atoms with Gasteiger partial charge in [0.15, 0.2) is 0 Å². The van der Waals surface area contributed by atoms with Crippen molar-refractivity contribution in [3.8, 4) is 11.1 Å². The molecule has 5 nitrogen and oxygen atoms in total. The number of benzene rings is 2. The molecule has 172 valence electrons. The zero-order valence-electron chi connectivity index (χ0n) is 19.3. The van der Waals surface area contributed by atoms with Crippen molar-refractivity contribution < 1.29 is 9.59 Å². The van der Waals surface area contributed by atoms with E-state index in [1.807, 2.05) is 35.2 Å². The lowest BCUT2D eigenvalue weighted by molar-refractivity contribution is 0.0646. The molecule has 2 aromatic carbocycles. The number of nitrogens with zero attached hydrogens (tertiary/aromatic N) is 3. The molecule has 1 atom stereocenters. The summed E-state index contributed by atoms with van der Waals surface area (Å²) < 4.78 is 0. The van der Waals surface area contributed by atoms with Crippen LogP contribution in [-0.2, 0) is 6.42 Å². The Labute approximate surface area is 196 Å². The normalized spacial score (nSPS) is 23.6. The first-order valence-corrected chi connectivity index (χ1v) is 12.7. The van der Waals surface area contributed by atoms with E-state index in [2.05, 4.69) is 21.9 Å². The smallest absolute Gasteiger partial charge is 0.254 e. The van der Waals surface area contributed by atoms with Gasteiger partial charge in [-0.15, -0.1) is 0 Å². The number of rotatable bonds is 4. The first kappa shape index (κ1) is 20.9. The van der Waals surface area contributed by atoms with E-state index in [1.165, 1.54) is 19.3 Å². The molecule has 33 heavy (non-hydrogen) atoms. The zero-order chi connectivity index (χ0) is 22.4. The average molecular weight is 444 g/mol. The van der Waals surface area contributed by atoms with Gasteiger partial charge in [-0.05, 0) is 73.4 Å². The first-order valence-electron chi connectivity index (χ1n) is 12.7. The predicted octanol–water partition coefficient (Wildman–Crippen LogP) is 4.21. The summed E-state index contributed by atoms with van der Waals surface area (Å²) in [4.78, 5) is 32.6. The summed E-state index contributed by atoms with van der Waals surface area (Å²) in [6.07, 6.45) is 8.27. The van der Waals surface area contributed by atoms with Crippen molar-refractivity contribution in [2.75, 3.05) is 32.7 Å². The molecular formula is C28H33N3O2. The lowest BCUT2D eigenvalue weighted by atomic mass is 9.92. The zero-order valence-corrected chi connectivity index (χ0v) is 19.3. The topological polar surface area (TPSA) is 43.9 Å². The third kappa shape index (κ3) is 3.86. The molecule has 3 heterocycles. The fourth-order valence-corrected chi connectivity index (χ4v) is 6.05. The number of hydrogen-bond acceptors (Lipinski definition) is 3. The van der Waals surface area contributed by atoms with E-state index in [0.717, 1.165) is 92.3 Å². The van der Waals surface area contributed by atoms with Crippen LogP contribution in [0.25, 0.3) is 11.1 Å². The van der Waals surface area contributed by atoms with E-state index in [4.69, 9.17) is 0 Å². The Kier molecular flexibility index (Phi) is 5.45. The molecule has 3 aliphatic heterocycles. The minimum Gasteiger partial charge on any atom is -0.339 e. The van der Waals surface area contributed by atoms with E-state index in [-0.39, 0.29) is 11.8 Å². The van der Waals surface area contributed by atoms with Gasteiger partial charge in [-0.25, -0.2) is 0 Å². The van der Waals surface area contributed by atoms with Crippen molar-refractivity contribution in [1.29, 1.82) is 0 Å². The van der Waals surface area contributed by atoms with Crippen LogP contribution in [0.2, 0.25) is 0 Å². The van der Waals surface area contributed by atoms with Crippen molar-refractivity contribution >= 4 is 11.8 Å². The Morgan fingerprint density at radius 3 is 2.27 bits per heavy atom. The highest BCUT2D eigenvalue weighted by Gasteiger charge is 2.37. The van der Waals surface area contributed by atoms with Crippen LogP contribution in [-0.4, -0.2) is 71.3 Å². The van der Waals surface area contributed by atoms with Crippen LogP contribution in [0.5, 0.6) is 0 Å². The SMILES string of the molecule is O=C(c1ccc(-c2ccc3c(c2)CCN([C@@H]2CCN(C4CCC4)C2)C3=O)cc1)N1CCCC1. The van der Waals surface area contributed by atoms with Gasteiger partial charge in [-0.3, -0.25) is 14.5 Å². The molecule has 0 unspecified atom stereocenters. The van der Waals surface area contributed by atoms with Gasteiger partial charge in [-0.2, -0.15) is 0 Å². The molecule has 0 aromatic heterocycles. The lowest BCUT2D eigenvalue weighted by Gasteiger charge is -2.37. The number of amides is 2. The maximum atomic E-state index is 13.3. The van der Waals surface area contributed by atoms with E-state index in [0.29, 0.717) is 6.04 Å². The fourth-order valence-electron chi connectivity index (χ4n) is 6.05. The van der Waals surface area contributed by atoms with Crippen LogP contribution in [0, 0.1) is 0 Å². The quantitative estimate of drug-likeness (QED) is 0.711. The van der Waals surface area contributed by atoms with Gasteiger partial charge in [0.2, 0.25) is 0 Å². The van der Waals surface area contributed by atoms with Crippen LogP contribution in [0.4, 0.5) is 0 Å². The summed E-state index contributed by atoms with van der Waals surface area (Å²) in [5, 5.41) is 0. The Hall–Kier alpha value is -2.66. The largest absolute Gasteiger partial charge is 0.339 e. The lowest BCUT2D eigenvalue weighted by Crippen LogP contribution is -2.47. The van der Waals surface area contributed by atoms with Gasteiger partial charge in [0.1, 0.15) is 0 Å². The molecular weight excluding hydrogens is 410 g/mol. The highest BCUT2D eigenvalue weighted by molar-refractivity contribution is 5.98. The van der Waals surface area contributed by atoms with Gasteiger partial charge >= 0.3 is 0 Å². The van der Waals surface area contributed by atoms with Crippen LogP contribution in [0.15, 0.2) is 42.5 Å². The third-order valence-electron chi connectivity index (χ3n) is 8.30. The molecule has 1 saturated carbocycles. The van der Waals surface area contributed by atoms with Gasteiger partial charge in [-0.1, -0.05) is 30.7 Å². The Balaban J connectivity index is 1.15. The van der Waals surface area contributed by atoms with E-state index >= 15 is 0 Å². The number of carbonyl (C=O) groups excluding carboxylic acids is 2. The van der Waals surface area contributed by atoms with Gasteiger partial charge in [0, 0.05) is 55.9 Å². The van der Waals surface area contributed by atoms with Crippen LogP contribution < -0.4 is 0 Å². The molecule has 0 bridgehead atoms. The molecule has 0 spiro atoms. The molecule has 3 fully saturated rings. The third-order valence-corrected chi connectivity index (χ3v) is 8.30. The van der Waals surface area contributed by atoms with Gasteiger partial charge in [0.25, 0.3) is 11.8 Å². The van der Waals surface area contributed by atoms with E-state index < -0.39 is 0 Å². The van der Waals surface area contributed by atoms with Crippen molar-refractivity contribution in [1.82, 2.24) is 14.7 Å². The summed E-state index contributed by atoms with van der Waals surface area (Å²) in [6.45, 7) is 4.75. The van der Waals surface area contributed by atoms with Crippen molar-refractivity contribution in [2.45, 2.75) is 57.0 Å². The molecule has 0 N–H and O–H groups in total. The molecule has 6 rings (SSSR count). The van der Waals surface area contributed by atoms with Crippen LogP contribution in [0.1, 0.15) is 64.8 Å². The van der Waals surface area contributed by atoms with Crippen molar-refractivity contribution in [2.24, 2.45) is 0 Å². The number of likely N-dealkylation sites (tertiary alicyclic amines) is 2. The summed E-state index contributed by atoms with van der Waals surface area (Å²) in [5.41, 5.74) is 4.99. The van der Waals surface area contributed by atoms with Gasteiger partial charge in [0.05, 0.1) is 0 Å². The monoisotopic (exact) mass is 443 g/mol. The summed E-state index contributed by atoms with van der Waals surface area (Å²) in [5.74, 6) is 0.341. The molecule has 4 aliphatic rings. The Bertz CT molecular complexity index is 1050. The van der Waals surface area contributed by atoms with E-state index in [1.54, 1.807) is 0 Å². The minimum atomic E-state index is 0.137. The van der Waals surface area contributed by atoms with Crippen LogP contribution in [0.3, 0.4) is 0 Å². The number of hydrogen-bond donors (Lipinski definition) is 0.